The standard InChI is InChI=1S/C20H20N4O.C6H12.C5H12.C4H8O.C2H6.C2H2/c1-13-11-19(24-14(2)23-13)12-22-20(25)17-5-3-15(4-6-17)16-7-9-18(21)10-8-16;1-2-4-6-5-3-1;1-4-5(2)3;1-2-3-4-5;2*1-2/h3-11H,12,21H2,1-2H3,(H,22,25);1-6H2;5H,4H2,1-3H3;4H,2-3H2,1H3;1-2H3;1-2H. The maximum atomic E-state index is 12.3. The smallest absolute Gasteiger partial charge is 0.251 e. The van der Waals surface area contributed by atoms with E-state index in [1.54, 1.807) is 0 Å². The average Bonchev–Trinajstić information content (AvgIpc) is 3.07. The lowest BCUT2D eigenvalue weighted by atomic mass is 10.0. The van der Waals surface area contributed by atoms with E-state index < -0.39 is 0 Å². The number of terminal acetylenes is 1. The van der Waals surface area contributed by atoms with E-state index in [0.717, 1.165) is 46.8 Å². The third-order valence-electron chi connectivity index (χ3n) is 6.56. The van der Waals surface area contributed by atoms with Gasteiger partial charge in [-0.2, -0.15) is 0 Å². The summed E-state index contributed by atoms with van der Waals surface area (Å²) in [6.07, 6.45) is 20.9. The molecule has 1 saturated carbocycles. The van der Waals surface area contributed by atoms with Gasteiger partial charge < -0.3 is 15.8 Å². The molecular weight excluding hydrogens is 556 g/mol. The number of hydrogen-bond acceptors (Lipinski definition) is 5. The number of unbranched alkanes of at least 4 members (excludes halogenated alkanes) is 1. The first-order valence-corrected chi connectivity index (χ1v) is 16.5. The Balaban J connectivity index is 0. The first-order chi connectivity index (χ1) is 21.7. The number of rotatable bonds is 7. The molecule has 4 rings (SSSR count). The number of hydrogen-bond donors (Lipinski definition) is 2. The SMILES string of the molecule is C#C.C1CCCCC1.CC.CCC(C)C.CCCC=O.Cc1cc(CNC(=O)c2ccc(-c3ccc(N)cc3)cc2)nc(C)n1. The largest absolute Gasteiger partial charge is 0.399 e. The van der Waals surface area contributed by atoms with Crippen LogP contribution < -0.4 is 11.1 Å². The first kappa shape index (κ1) is 43.1. The molecule has 1 amide bonds. The number of aldehydes is 1. The van der Waals surface area contributed by atoms with E-state index in [4.69, 9.17) is 5.73 Å². The number of carbonyl (C=O) groups is 2. The highest BCUT2D eigenvalue weighted by Crippen LogP contribution is 2.21. The number of nitrogens with one attached hydrogen (secondary N) is 1. The molecule has 0 saturated heterocycles. The van der Waals surface area contributed by atoms with Gasteiger partial charge in [0.15, 0.2) is 0 Å². The van der Waals surface area contributed by atoms with E-state index >= 15 is 0 Å². The number of nitrogen functional groups attached to an aromatic ring is 1. The van der Waals surface area contributed by atoms with Gasteiger partial charge in [-0.15, -0.1) is 12.8 Å². The fourth-order valence-corrected chi connectivity index (χ4v) is 3.83. The van der Waals surface area contributed by atoms with Gasteiger partial charge in [0.2, 0.25) is 0 Å². The van der Waals surface area contributed by atoms with Crippen LogP contribution >= 0.6 is 0 Å². The molecule has 6 heteroatoms. The predicted octanol–water partition coefficient (Wildman–Crippen LogP) is 9.93. The van der Waals surface area contributed by atoms with Gasteiger partial charge >= 0.3 is 0 Å². The Bertz CT molecular complexity index is 1130. The van der Waals surface area contributed by atoms with Crippen molar-refractivity contribution in [2.45, 2.75) is 120 Å². The Hall–Kier alpha value is -3.98. The number of anilines is 1. The van der Waals surface area contributed by atoms with Gasteiger partial charge in [0.25, 0.3) is 5.91 Å². The molecule has 0 radical (unpaired) electrons. The number of aromatic nitrogens is 2. The van der Waals surface area contributed by atoms with Crippen LogP contribution in [0, 0.1) is 32.6 Å². The molecule has 0 spiro atoms. The minimum atomic E-state index is -0.127. The zero-order chi connectivity index (χ0) is 34.5. The zero-order valence-electron chi connectivity index (χ0n) is 29.4. The Kier molecular flexibility index (Phi) is 27.6. The highest BCUT2D eigenvalue weighted by molar-refractivity contribution is 5.94. The lowest BCUT2D eigenvalue weighted by Crippen LogP contribution is -2.23. The topological polar surface area (TPSA) is 98.0 Å². The Morgan fingerprint density at radius 1 is 0.867 bits per heavy atom. The maximum absolute atomic E-state index is 12.3. The minimum absolute atomic E-state index is 0.127. The number of aryl methyl sites for hydroxylation is 2. The predicted molar refractivity (Wildman–Crippen MR) is 194 cm³/mol. The average molecular weight is 617 g/mol. The molecule has 0 atom stereocenters. The van der Waals surface area contributed by atoms with Crippen molar-refractivity contribution < 1.29 is 9.59 Å². The maximum Gasteiger partial charge on any atom is 0.251 e. The van der Waals surface area contributed by atoms with Crippen LogP contribution in [0.3, 0.4) is 0 Å². The summed E-state index contributed by atoms with van der Waals surface area (Å²) >= 11 is 0. The van der Waals surface area contributed by atoms with Gasteiger partial charge in [-0.3, -0.25) is 4.79 Å². The van der Waals surface area contributed by atoms with Gasteiger partial charge in [0.05, 0.1) is 12.2 Å². The van der Waals surface area contributed by atoms with Crippen LogP contribution in [0.5, 0.6) is 0 Å². The second-order valence-corrected chi connectivity index (χ2v) is 10.8. The number of benzene rings is 2. The van der Waals surface area contributed by atoms with Crippen molar-refractivity contribution in [2.75, 3.05) is 5.73 Å². The second-order valence-electron chi connectivity index (χ2n) is 10.8. The highest BCUT2D eigenvalue weighted by atomic mass is 16.1. The summed E-state index contributed by atoms with van der Waals surface area (Å²) in [5, 5.41) is 2.89. The van der Waals surface area contributed by atoms with E-state index in [-0.39, 0.29) is 5.91 Å². The molecule has 3 N–H and O–H groups in total. The second kappa shape index (κ2) is 28.8. The summed E-state index contributed by atoms with van der Waals surface area (Å²) in [4.78, 5) is 30.3. The first-order valence-electron chi connectivity index (χ1n) is 16.5. The van der Waals surface area contributed by atoms with Crippen LogP contribution in [0.15, 0.2) is 54.6 Å². The summed E-state index contributed by atoms with van der Waals surface area (Å²) < 4.78 is 0. The van der Waals surface area contributed by atoms with Crippen molar-refractivity contribution in [1.82, 2.24) is 15.3 Å². The molecule has 0 aliphatic heterocycles. The van der Waals surface area contributed by atoms with Crippen LogP contribution in [-0.4, -0.2) is 22.2 Å². The van der Waals surface area contributed by atoms with Gasteiger partial charge in [-0.25, -0.2) is 9.97 Å². The number of nitrogens with two attached hydrogens (primary N) is 1. The van der Waals surface area contributed by atoms with Crippen molar-refractivity contribution in [2.24, 2.45) is 5.92 Å². The summed E-state index contributed by atoms with van der Waals surface area (Å²) in [5.41, 5.74) is 10.8. The molecular formula is C39H60N4O2. The van der Waals surface area contributed by atoms with Gasteiger partial charge in [0.1, 0.15) is 12.1 Å². The van der Waals surface area contributed by atoms with Crippen LogP contribution in [0.4, 0.5) is 5.69 Å². The Morgan fingerprint density at radius 2 is 1.31 bits per heavy atom. The molecule has 1 aliphatic rings. The number of amides is 1. The Labute approximate surface area is 275 Å². The lowest BCUT2D eigenvalue weighted by Gasteiger charge is -2.07. The third kappa shape index (κ3) is 22.2. The van der Waals surface area contributed by atoms with Gasteiger partial charge in [0, 0.05) is 23.4 Å². The van der Waals surface area contributed by atoms with E-state index in [2.05, 4.69) is 48.9 Å². The van der Waals surface area contributed by atoms with Crippen LogP contribution in [0.1, 0.15) is 127 Å². The van der Waals surface area contributed by atoms with E-state index in [0.29, 0.717) is 24.4 Å². The molecule has 6 nitrogen and oxygen atoms in total. The molecule has 2 aromatic carbocycles. The normalized spacial score (nSPS) is 11.1. The molecule has 3 aromatic rings. The highest BCUT2D eigenvalue weighted by Gasteiger charge is 2.07. The van der Waals surface area contributed by atoms with Crippen molar-refractivity contribution in [1.29, 1.82) is 0 Å². The lowest BCUT2D eigenvalue weighted by molar-refractivity contribution is -0.107. The summed E-state index contributed by atoms with van der Waals surface area (Å²) in [7, 11) is 0. The minimum Gasteiger partial charge on any atom is -0.399 e. The number of carbonyl (C=O) groups excluding carboxylic acids is 2. The van der Waals surface area contributed by atoms with Crippen LogP contribution in [0.25, 0.3) is 11.1 Å². The van der Waals surface area contributed by atoms with Crippen molar-refractivity contribution in [3.63, 3.8) is 0 Å². The fraction of sp³-hybridized carbons (Fsp3) is 0.487. The molecule has 1 fully saturated rings. The quantitative estimate of drug-likeness (QED) is 0.156. The van der Waals surface area contributed by atoms with E-state index in [1.165, 1.54) is 44.9 Å². The number of nitrogens with zero attached hydrogens (tertiary/aromatic N) is 2. The van der Waals surface area contributed by atoms with Gasteiger partial charge in [-0.05, 0) is 67.6 Å². The zero-order valence-corrected chi connectivity index (χ0v) is 29.4. The monoisotopic (exact) mass is 616 g/mol. The molecule has 1 aromatic heterocycles. The van der Waals surface area contributed by atoms with E-state index in [9.17, 15) is 9.59 Å². The molecule has 45 heavy (non-hydrogen) atoms. The molecule has 0 unspecified atom stereocenters. The van der Waals surface area contributed by atoms with Crippen molar-refractivity contribution >= 4 is 17.9 Å². The third-order valence-corrected chi connectivity index (χ3v) is 6.56. The molecule has 248 valence electrons. The summed E-state index contributed by atoms with van der Waals surface area (Å²) in [6.45, 7) is 16.8. The van der Waals surface area contributed by atoms with Crippen LogP contribution in [-0.2, 0) is 11.3 Å². The van der Waals surface area contributed by atoms with Crippen molar-refractivity contribution in [3.05, 3.63) is 77.4 Å². The van der Waals surface area contributed by atoms with Crippen LogP contribution in [0.2, 0.25) is 0 Å². The molecule has 1 aliphatic carbocycles. The molecule has 0 bridgehead atoms. The van der Waals surface area contributed by atoms with Gasteiger partial charge in [-0.1, -0.05) is 111 Å². The Morgan fingerprint density at radius 3 is 1.67 bits per heavy atom. The molecule has 1 heterocycles. The fourth-order valence-electron chi connectivity index (χ4n) is 3.83. The summed E-state index contributed by atoms with van der Waals surface area (Å²) in [5.74, 6) is 1.46. The van der Waals surface area contributed by atoms with E-state index in [1.807, 2.05) is 89.2 Å². The summed E-state index contributed by atoms with van der Waals surface area (Å²) in [6, 6.07) is 17.0. The van der Waals surface area contributed by atoms with Crippen molar-refractivity contribution in [3.8, 4) is 24.0 Å².